The van der Waals surface area contributed by atoms with E-state index in [1.54, 1.807) is 5.56 Å². The quantitative estimate of drug-likeness (QED) is 0.630. The second kappa shape index (κ2) is 8.47. The summed E-state index contributed by atoms with van der Waals surface area (Å²) in [4.78, 5) is 5.35. The van der Waals surface area contributed by atoms with Crippen LogP contribution in [0.25, 0.3) is 0 Å². The van der Waals surface area contributed by atoms with E-state index in [9.17, 15) is 0 Å². The molecule has 0 amide bonds. The van der Waals surface area contributed by atoms with Gasteiger partial charge in [0, 0.05) is 44.0 Å². The van der Waals surface area contributed by atoms with Crippen molar-refractivity contribution in [1.29, 1.82) is 0 Å². The summed E-state index contributed by atoms with van der Waals surface area (Å²) < 4.78 is 2.04. The number of aromatic nitrogens is 2. The van der Waals surface area contributed by atoms with Crippen molar-refractivity contribution < 1.29 is 0 Å². The van der Waals surface area contributed by atoms with Crippen LogP contribution in [0.1, 0.15) is 72.5 Å². The van der Waals surface area contributed by atoms with E-state index in [-0.39, 0.29) is 0 Å². The van der Waals surface area contributed by atoms with Crippen LogP contribution in [0.2, 0.25) is 0 Å². The first-order valence-corrected chi connectivity index (χ1v) is 12.1. The monoisotopic (exact) mass is 406 g/mol. The summed E-state index contributed by atoms with van der Waals surface area (Å²) in [5.74, 6) is 1.64. The van der Waals surface area contributed by atoms with Crippen molar-refractivity contribution in [1.82, 2.24) is 19.6 Å². The number of hydrogen-bond donors (Lipinski definition) is 0. The molecule has 1 saturated heterocycles. The summed E-state index contributed by atoms with van der Waals surface area (Å²) in [5.41, 5.74) is 7.04. The minimum atomic E-state index is 0.777. The van der Waals surface area contributed by atoms with Crippen molar-refractivity contribution in [2.45, 2.75) is 77.4 Å². The van der Waals surface area contributed by atoms with E-state index in [0.29, 0.717) is 0 Å². The highest BCUT2D eigenvalue weighted by Gasteiger charge is 2.36. The van der Waals surface area contributed by atoms with Gasteiger partial charge in [-0.25, -0.2) is 0 Å². The Hall–Kier alpha value is -1.65. The van der Waals surface area contributed by atoms with Gasteiger partial charge in [0.1, 0.15) is 0 Å². The van der Waals surface area contributed by atoms with Crippen molar-refractivity contribution in [3.05, 3.63) is 52.3 Å². The van der Waals surface area contributed by atoms with E-state index in [1.807, 2.05) is 4.68 Å². The lowest BCUT2D eigenvalue weighted by Gasteiger charge is -2.39. The molecular formula is C26H38N4. The van der Waals surface area contributed by atoms with Crippen LogP contribution in [-0.4, -0.2) is 45.3 Å². The molecule has 1 aliphatic heterocycles. The lowest BCUT2D eigenvalue weighted by Crippen LogP contribution is -2.36. The highest BCUT2D eigenvalue weighted by atomic mass is 15.3. The van der Waals surface area contributed by atoms with Gasteiger partial charge < -0.3 is 0 Å². The molecule has 2 aliphatic carbocycles. The number of hydrogen-bond acceptors (Lipinski definition) is 3. The number of aryl methyl sites for hydroxylation is 2. The van der Waals surface area contributed by atoms with E-state index < -0.39 is 0 Å². The molecule has 4 heteroatoms. The van der Waals surface area contributed by atoms with Gasteiger partial charge in [-0.3, -0.25) is 14.5 Å². The third-order valence-electron chi connectivity index (χ3n) is 7.87. The minimum absolute atomic E-state index is 0.777. The van der Waals surface area contributed by atoms with Crippen LogP contribution < -0.4 is 0 Å². The molecule has 3 aliphatic rings. The first-order chi connectivity index (χ1) is 14.6. The average Bonchev–Trinajstić information content (AvgIpc) is 3.37. The highest BCUT2D eigenvalue weighted by molar-refractivity contribution is 5.28. The zero-order valence-corrected chi connectivity index (χ0v) is 19.1. The Balaban J connectivity index is 1.14. The van der Waals surface area contributed by atoms with Crippen molar-refractivity contribution >= 4 is 0 Å². The fourth-order valence-corrected chi connectivity index (χ4v) is 5.61. The average molecular weight is 407 g/mol. The zero-order chi connectivity index (χ0) is 20.7. The SMILES string of the molecule is Cc1nn(C)c(C)c1CN(C[C@H]1C[C@H](c2ccc(CN3CCCC3)cc2)C1)C1CC1. The lowest BCUT2D eigenvalue weighted by atomic mass is 9.71. The van der Waals surface area contributed by atoms with Crippen LogP contribution in [0.4, 0.5) is 0 Å². The number of likely N-dealkylation sites (tertiary alicyclic amines) is 1. The van der Waals surface area contributed by atoms with Crippen molar-refractivity contribution in [3.8, 4) is 0 Å². The predicted octanol–water partition coefficient (Wildman–Crippen LogP) is 4.79. The Morgan fingerprint density at radius 1 is 1.03 bits per heavy atom. The molecule has 2 heterocycles. The van der Waals surface area contributed by atoms with Crippen molar-refractivity contribution in [2.24, 2.45) is 13.0 Å². The largest absolute Gasteiger partial charge is 0.299 e. The Morgan fingerprint density at radius 2 is 1.73 bits per heavy atom. The van der Waals surface area contributed by atoms with Gasteiger partial charge in [-0.15, -0.1) is 0 Å². The molecule has 162 valence electrons. The van der Waals surface area contributed by atoms with Crippen molar-refractivity contribution in [3.63, 3.8) is 0 Å². The van der Waals surface area contributed by atoms with Gasteiger partial charge in [-0.1, -0.05) is 24.3 Å². The fourth-order valence-electron chi connectivity index (χ4n) is 5.61. The van der Waals surface area contributed by atoms with E-state index in [1.165, 1.54) is 80.7 Å². The normalized spacial score (nSPS) is 24.5. The maximum absolute atomic E-state index is 4.63. The Morgan fingerprint density at radius 3 is 2.33 bits per heavy atom. The lowest BCUT2D eigenvalue weighted by molar-refractivity contribution is 0.146. The molecule has 1 aromatic carbocycles. The molecule has 0 N–H and O–H groups in total. The minimum Gasteiger partial charge on any atom is -0.299 e. The maximum atomic E-state index is 4.63. The maximum Gasteiger partial charge on any atom is 0.0641 e. The Kier molecular flexibility index (Phi) is 5.72. The van der Waals surface area contributed by atoms with Crippen LogP contribution in [0.5, 0.6) is 0 Å². The Bertz CT molecular complexity index is 852. The molecule has 3 fully saturated rings. The molecule has 4 nitrogen and oxygen atoms in total. The Labute approximate surface area is 182 Å². The molecule has 2 saturated carbocycles. The second-order valence-corrected chi connectivity index (χ2v) is 10.2. The smallest absolute Gasteiger partial charge is 0.0641 e. The number of nitrogens with zero attached hydrogens (tertiary/aromatic N) is 4. The van der Waals surface area contributed by atoms with E-state index in [0.717, 1.165) is 31.0 Å². The van der Waals surface area contributed by atoms with Gasteiger partial charge in [-0.05, 0) is 88.4 Å². The van der Waals surface area contributed by atoms with Gasteiger partial charge in [0.15, 0.2) is 0 Å². The summed E-state index contributed by atoms with van der Waals surface area (Å²) in [5, 5.41) is 4.63. The van der Waals surface area contributed by atoms with Gasteiger partial charge >= 0.3 is 0 Å². The third kappa shape index (κ3) is 4.36. The zero-order valence-electron chi connectivity index (χ0n) is 19.1. The predicted molar refractivity (Wildman–Crippen MR) is 123 cm³/mol. The van der Waals surface area contributed by atoms with Gasteiger partial charge in [0.25, 0.3) is 0 Å². The van der Waals surface area contributed by atoms with Gasteiger partial charge in [-0.2, -0.15) is 5.10 Å². The molecule has 0 radical (unpaired) electrons. The number of benzene rings is 1. The molecule has 5 rings (SSSR count). The molecule has 30 heavy (non-hydrogen) atoms. The summed E-state index contributed by atoms with van der Waals surface area (Å²) in [6.45, 7) is 10.4. The van der Waals surface area contributed by atoms with E-state index >= 15 is 0 Å². The molecule has 0 bridgehead atoms. The summed E-state index contributed by atoms with van der Waals surface area (Å²) in [6.07, 6.45) is 8.23. The molecule has 1 aromatic heterocycles. The van der Waals surface area contributed by atoms with Crippen LogP contribution in [0.3, 0.4) is 0 Å². The molecule has 0 spiro atoms. The first kappa shape index (κ1) is 20.3. The van der Waals surface area contributed by atoms with Crippen molar-refractivity contribution in [2.75, 3.05) is 19.6 Å². The van der Waals surface area contributed by atoms with E-state index in [2.05, 4.69) is 60.1 Å². The molecule has 2 aromatic rings. The molecular weight excluding hydrogens is 368 g/mol. The molecule has 0 unspecified atom stereocenters. The highest BCUT2D eigenvalue weighted by Crippen LogP contribution is 2.43. The van der Waals surface area contributed by atoms with Crippen LogP contribution in [-0.2, 0) is 20.1 Å². The fraction of sp³-hybridized carbons (Fsp3) is 0.654. The van der Waals surface area contributed by atoms with Crippen LogP contribution in [0.15, 0.2) is 24.3 Å². The molecule has 0 atom stereocenters. The standard InChI is InChI=1S/C26H38N4/c1-19-26(20(2)28(3)27-19)18-30(25-10-11-25)17-22-14-24(15-22)23-8-6-21(7-9-23)16-29-12-4-5-13-29/h6-9,22,24-25H,4-5,10-18H2,1-3H3/t22-,24-. The topological polar surface area (TPSA) is 24.3 Å². The first-order valence-electron chi connectivity index (χ1n) is 12.1. The number of rotatable bonds is 8. The van der Waals surface area contributed by atoms with Crippen LogP contribution >= 0.6 is 0 Å². The van der Waals surface area contributed by atoms with E-state index in [4.69, 9.17) is 0 Å². The summed E-state index contributed by atoms with van der Waals surface area (Å²) >= 11 is 0. The van der Waals surface area contributed by atoms with Crippen LogP contribution in [0, 0.1) is 19.8 Å². The van der Waals surface area contributed by atoms with Gasteiger partial charge in [0.05, 0.1) is 5.69 Å². The second-order valence-electron chi connectivity index (χ2n) is 10.2. The summed E-state index contributed by atoms with van der Waals surface area (Å²) in [6, 6.07) is 10.4. The van der Waals surface area contributed by atoms with Gasteiger partial charge in [0.2, 0.25) is 0 Å². The third-order valence-corrected chi connectivity index (χ3v) is 7.87. The summed E-state index contributed by atoms with van der Waals surface area (Å²) in [7, 11) is 2.07.